The predicted molar refractivity (Wildman–Crippen MR) is 81.9 cm³/mol. The molecule has 2 aliphatic rings. The van der Waals surface area contributed by atoms with Crippen LogP contribution in [-0.2, 0) is 4.79 Å². The third-order valence-electron chi connectivity index (χ3n) is 5.49. The highest BCUT2D eigenvalue weighted by atomic mass is 16.1. The number of rotatable bonds is 3. The lowest BCUT2D eigenvalue weighted by atomic mass is 9.73. The average molecular weight is 271 g/mol. The van der Waals surface area contributed by atoms with Crippen LogP contribution in [-0.4, -0.2) is 29.8 Å². The van der Waals surface area contributed by atoms with E-state index < -0.39 is 0 Å². The molecule has 2 saturated heterocycles. The van der Waals surface area contributed by atoms with Gasteiger partial charge in [0.15, 0.2) is 0 Å². The second-order valence-corrected chi connectivity index (χ2v) is 6.56. The Hall–Kier alpha value is -1.15. The van der Waals surface area contributed by atoms with E-state index in [0.29, 0.717) is 30.2 Å². The summed E-state index contributed by atoms with van der Waals surface area (Å²) in [5, 5.41) is 0. The van der Waals surface area contributed by atoms with E-state index in [1.54, 1.807) is 0 Å². The number of ketones is 1. The Morgan fingerprint density at radius 1 is 1.25 bits per heavy atom. The van der Waals surface area contributed by atoms with Gasteiger partial charge in [0.1, 0.15) is 5.78 Å². The van der Waals surface area contributed by atoms with Gasteiger partial charge in [-0.2, -0.15) is 0 Å². The third-order valence-corrected chi connectivity index (χ3v) is 5.49. The first-order chi connectivity index (χ1) is 9.61. The topological polar surface area (TPSA) is 20.3 Å². The number of piperidine rings is 1. The maximum atomic E-state index is 12.5. The van der Waals surface area contributed by atoms with Crippen LogP contribution in [0.2, 0.25) is 0 Å². The van der Waals surface area contributed by atoms with Gasteiger partial charge in [-0.1, -0.05) is 36.8 Å². The summed E-state index contributed by atoms with van der Waals surface area (Å²) in [5.74, 6) is 1.08. The largest absolute Gasteiger partial charge is 0.300 e. The van der Waals surface area contributed by atoms with Crippen LogP contribution in [0, 0.1) is 12.8 Å². The number of aryl methyl sites for hydroxylation is 1. The van der Waals surface area contributed by atoms with Crippen molar-refractivity contribution in [2.24, 2.45) is 5.92 Å². The summed E-state index contributed by atoms with van der Waals surface area (Å²) in [6, 6.07) is 9.98. The quantitative estimate of drug-likeness (QED) is 0.838. The summed E-state index contributed by atoms with van der Waals surface area (Å²) >= 11 is 0. The minimum absolute atomic E-state index is 0.200. The fraction of sp³-hybridized carbons (Fsp3) is 0.611. The van der Waals surface area contributed by atoms with Gasteiger partial charge in [0.05, 0.1) is 0 Å². The van der Waals surface area contributed by atoms with E-state index in [-0.39, 0.29) is 5.92 Å². The summed E-state index contributed by atoms with van der Waals surface area (Å²) in [5.41, 5.74) is 2.66. The van der Waals surface area contributed by atoms with Crippen molar-refractivity contribution in [2.75, 3.05) is 7.05 Å². The molecule has 2 fully saturated rings. The number of hydrogen-bond donors (Lipinski definition) is 0. The molecule has 0 N–H and O–H groups in total. The molecule has 0 spiro atoms. The molecule has 2 heterocycles. The number of carbonyl (C=O) groups excluding carboxylic acids is 1. The molecule has 0 aromatic heterocycles. The van der Waals surface area contributed by atoms with Gasteiger partial charge in [-0.25, -0.2) is 0 Å². The molecule has 2 nitrogen and oxygen atoms in total. The van der Waals surface area contributed by atoms with Gasteiger partial charge in [-0.15, -0.1) is 0 Å². The van der Waals surface area contributed by atoms with Gasteiger partial charge in [0, 0.05) is 24.4 Å². The van der Waals surface area contributed by atoms with Crippen LogP contribution in [0.1, 0.15) is 49.7 Å². The molecule has 108 valence electrons. The Balaban J connectivity index is 1.95. The van der Waals surface area contributed by atoms with Crippen molar-refractivity contribution in [3.8, 4) is 0 Å². The molecule has 2 aliphatic heterocycles. The molecular formula is C18H25NO. The highest BCUT2D eigenvalue weighted by Crippen LogP contribution is 2.46. The summed E-state index contributed by atoms with van der Waals surface area (Å²) in [6.45, 7) is 4.13. The lowest BCUT2D eigenvalue weighted by Gasteiger charge is -2.42. The first kappa shape index (κ1) is 13.8. The summed E-state index contributed by atoms with van der Waals surface area (Å²) in [6.07, 6.45) is 4.27. The van der Waals surface area contributed by atoms with E-state index in [1.165, 1.54) is 24.0 Å². The van der Waals surface area contributed by atoms with Gasteiger partial charge < -0.3 is 0 Å². The van der Waals surface area contributed by atoms with Gasteiger partial charge in [0.25, 0.3) is 0 Å². The molecule has 0 amide bonds. The minimum Gasteiger partial charge on any atom is -0.300 e. The van der Waals surface area contributed by atoms with Crippen molar-refractivity contribution in [1.82, 2.24) is 4.90 Å². The molecule has 0 aliphatic carbocycles. The molecule has 1 unspecified atom stereocenters. The van der Waals surface area contributed by atoms with E-state index in [1.807, 2.05) is 6.92 Å². The van der Waals surface area contributed by atoms with Gasteiger partial charge in [-0.05, 0) is 44.7 Å². The lowest BCUT2D eigenvalue weighted by Crippen LogP contribution is -2.48. The maximum Gasteiger partial charge on any atom is 0.137 e. The second kappa shape index (κ2) is 5.33. The summed E-state index contributed by atoms with van der Waals surface area (Å²) < 4.78 is 0. The molecule has 4 atom stereocenters. The molecule has 2 bridgehead atoms. The molecule has 0 saturated carbocycles. The maximum absolute atomic E-state index is 12.5. The Bertz CT molecular complexity index is 493. The number of Topliss-reactive ketones (excluding diaryl/α,β-unsaturated/α-hetero) is 1. The normalized spacial score (nSPS) is 33.4. The third kappa shape index (κ3) is 2.20. The zero-order valence-corrected chi connectivity index (χ0v) is 12.8. The van der Waals surface area contributed by atoms with Crippen molar-refractivity contribution in [3.05, 3.63) is 35.4 Å². The highest BCUT2D eigenvalue weighted by molar-refractivity contribution is 5.82. The standard InChI is InChI=1S/C18H25NO/c1-4-17(20)18-15(13-7-5-12(2)6-8-13)11-14-9-10-16(18)19(14)3/h5-8,14-16,18H,4,9-11H2,1-3H3/t14-,15?,16+,18-/m0/s1. The van der Waals surface area contributed by atoms with E-state index in [0.717, 1.165) is 6.42 Å². The van der Waals surface area contributed by atoms with Crippen molar-refractivity contribution in [1.29, 1.82) is 0 Å². The molecule has 1 aromatic rings. The van der Waals surface area contributed by atoms with Crippen LogP contribution in [0.15, 0.2) is 24.3 Å². The highest BCUT2D eigenvalue weighted by Gasteiger charge is 2.48. The molecule has 2 heteroatoms. The Kier molecular flexibility index (Phi) is 3.68. The fourth-order valence-corrected chi connectivity index (χ4v) is 4.30. The van der Waals surface area contributed by atoms with Crippen LogP contribution in [0.4, 0.5) is 0 Å². The Labute approximate surface area is 122 Å². The van der Waals surface area contributed by atoms with Gasteiger partial charge in [0.2, 0.25) is 0 Å². The van der Waals surface area contributed by atoms with Crippen LogP contribution in [0.5, 0.6) is 0 Å². The van der Waals surface area contributed by atoms with E-state index >= 15 is 0 Å². The van der Waals surface area contributed by atoms with Crippen molar-refractivity contribution >= 4 is 5.78 Å². The Morgan fingerprint density at radius 2 is 1.95 bits per heavy atom. The average Bonchev–Trinajstić information content (AvgIpc) is 2.70. The minimum atomic E-state index is 0.200. The van der Waals surface area contributed by atoms with Crippen molar-refractivity contribution < 1.29 is 4.79 Å². The van der Waals surface area contributed by atoms with Crippen molar-refractivity contribution in [3.63, 3.8) is 0 Å². The van der Waals surface area contributed by atoms with Crippen LogP contribution in [0.25, 0.3) is 0 Å². The van der Waals surface area contributed by atoms with Crippen molar-refractivity contribution in [2.45, 2.75) is 57.5 Å². The van der Waals surface area contributed by atoms with Gasteiger partial charge >= 0.3 is 0 Å². The number of carbonyl (C=O) groups is 1. The second-order valence-electron chi connectivity index (χ2n) is 6.56. The number of benzene rings is 1. The molecular weight excluding hydrogens is 246 g/mol. The van der Waals surface area contributed by atoms with E-state index in [9.17, 15) is 4.79 Å². The first-order valence-corrected chi connectivity index (χ1v) is 7.93. The number of nitrogens with zero attached hydrogens (tertiary/aromatic N) is 1. The smallest absolute Gasteiger partial charge is 0.137 e. The zero-order chi connectivity index (χ0) is 14.3. The van der Waals surface area contributed by atoms with Crippen LogP contribution in [0.3, 0.4) is 0 Å². The molecule has 0 radical (unpaired) electrons. The van der Waals surface area contributed by atoms with Gasteiger partial charge in [-0.3, -0.25) is 9.69 Å². The number of hydrogen-bond acceptors (Lipinski definition) is 2. The van der Waals surface area contributed by atoms with E-state index in [4.69, 9.17) is 0 Å². The van der Waals surface area contributed by atoms with Crippen LogP contribution >= 0.6 is 0 Å². The lowest BCUT2D eigenvalue weighted by molar-refractivity contribution is -0.126. The molecule has 1 aromatic carbocycles. The first-order valence-electron chi connectivity index (χ1n) is 7.93. The summed E-state index contributed by atoms with van der Waals surface area (Å²) in [4.78, 5) is 15.0. The molecule has 3 rings (SSSR count). The molecule has 20 heavy (non-hydrogen) atoms. The Morgan fingerprint density at radius 3 is 2.60 bits per heavy atom. The zero-order valence-electron chi connectivity index (χ0n) is 12.8. The number of fused-ring (bicyclic) bond motifs is 2. The monoisotopic (exact) mass is 271 g/mol. The summed E-state index contributed by atoms with van der Waals surface area (Å²) in [7, 11) is 2.21. The van der Waals surface area contributed by atoms with E-state index in [2.05, 4.69) is 43.1 Å². The SMILES string of the molecule is CCC(=O)[C@H]1C(c2ccc(C)cc2)C[C@@H]2CC[C@H]1N2C. The van der Waals surface area contributed by atoms with Crippen LogP contribution < -0.4 is 0 Å². The fourth-order valence-electron chi connectivity index (χ4n) is 4.30. The predicted octanol–water partition coefficient (Wildman–Crippen LogP) is 3.54.